The Kier molecular flexibility index (Phi) is 4.78. The van der Waals surface area contributed by atoms with Crippen molar-refractivity contribution in [1.29, 1.82) is 0 Å². The molecule has 0 aromatic heterocycles. The van der Waals surface area contributed by atoms with Gasteiger partial charge in [-0.05, 0) is 44.0 Å². The average molecular weight is 300 g/mol. The van der Waals surface area contributed by atoms with Crippen LogP contribution in [0, 0.1) is 11.7 Å². The highest BCUT2D eigenvalue weighted by Crippen LogP contribution is 2.33. The van der Waals surface area contributed by atoms with Crippen molar-refractivity contribution in [1.82, 2.24) is 10.0 Å². The molecule has 1 atom stereocenters. The van der Waals surface area contributed by atoms with E-state index in [0.717, 1.165) is 12.5 Å². The summed E-state index contributed by atoms with van der Waals surface area (Å²) in [5.74, 6) is 0.0945. The molecule has 0 amide bonds. The average Bonchev–Trinajstić information content (AvgIpc) is 3.14. The third-order valence-corrected chi connectivity index (χ3v) is 5.10. The van der Waals surface area contributed by atoms with E-state index in [-0.39, 0.29) is 10.9 Å². The maximum Gasteiger partial charge on any atom is 0.241 e. The van der Waals surface area contributed by atoms with Crippen LogP contribution in [0.1, 0.15) is 31.7 Å². The van der Waals surface area contributed by atoms with Gasteiger partial charge in [0, 0.05) is 12.6 Å². The summed E-state index contributed by atoms with van der Waals surface area (Å²) in [7, 11) is -1.96. The molecule has 2 N–H and O–H groups in total. The van der Waals surface area contributed by atoms with E-state index >= 15 is 0 Å². The molecule has 1 aliphatic rings. The lowest BCUT2D eigenvalue weighted by atomic mass is 10.2. The number of benzene rings is 1. The molecular formula is C14H21FN2O2S. The Hall–Kier alpha value is -0.980. The van der Waals surface area contributed by atoms with Crippen molar-refractivity contribution in [2.75, 3.05) is 7.05 Å². The first-order chi connectivity index (χ1) is 9.42. The first-order valence-electron chi connectivity index (χ1n) is 6.87. The van der Waals surface area contributed by atoms with E-state index in [1.54, 1.807) is 7.05 Å². The van der Waals surface area contributed by atoms with Crippen molar-refractivity contribution in [3.05, 3.63) is 29.6 Å². The number of nitrogens with one attached hydrogen (secondary N) is 2. The van der Waals surface area contributed by atoms with Gasteiger partial charge in [0.15, 0.2) is 0 Å². The van der Waals surface area contributed by atoms with E-state index in [9.17, 15) is 12.8 Å². The summed E-state index contributed by atoms with van der Waals surface area (Å²) in [6, 6.07) is 3.74. The zero-order valence-electron chi connectivity index (χ0n) is 11.8. The molecule has 0 aliphatic heterocycles. The lowest BCUT2D eigenvalue weighted by Gasteiger charge is -2.16. The van der Waals surface area contributed by atoms with Crippen LogP contribution in [0.3, 0.4) is 0 Å². The summed E-state index contributed by atoms with van der Waals surface area (Å²) in [4.78, 5) is 0.0227. The Labute approximate surface area is 119 Å². The fraction of sp³-hybridized carbons (Fsp3) is 0.571. The fourth-order valence-corrected chi connectivity index (χ4v) is 3.85. The monoisotopic (exact) mass is 300 g/mol. The minimum Gasteiger partial charge on any atom is -0.316 e. The normalized spacial score (nSPS) is 17.1. The van der Waals surface area contributed by atoms with Gasteiger partial charge in [0.05, 0.1) is 4.90 Å². The summed E-state index contributed by atoms with van der Waals surface area (Å²) < 4.78 is 40.8. The summed E-state index contributed by atoms with van der Waals surface area (Å²) in [5, 5.41) is 2.90. The first kappa shape index (κ1) is 15.4. The van der Waals surface area contributed by atoms with Gasteiger partial charge in [0.1, 0.15) is 5.82 Å². The molecule has 1 saturated carbocycles. The summed E-state index contributed by atoms with van der Waals surface area (Å²) >= 11 is 0. The van der Waals surface area contributed by atoms with Gasteiger partial charge in [0.2, 0.25) is 10.0 Å². The van der Waals surface area contributed by atoms with Crippen LogP contribution in [-0.4, -0.2) is 21.5 Å². The van der Waals surface area contributed by atoms with Crippen molar-refractivity contribution in [2.45, 2.75) is 43.7 Å². The molecule has 1 fully saturated rings. The van der Waals surface area contributed by atoms with Crippen LogP contribution in [0.4, 0.5) is 4.39 Å². The second-order valence-corrected chi connectivity index (χ2v) is 7.17. The lowest BCUT2D eigenvalue weighted by molar-refractivity contribution is 0.527. The van der Waals surface area contributed by atoms with Crippen LogP contribution in [0.15, 0.2) is 23.1 Å². The van der Waals surface area contributed by atoms with Crippen LogP contribution in [-0.2, 0) is 16.6 Å². The summed E-state index contributed by atoms with van der Waals surface area (Å²) in [6.45, 7) is 2.24. The number of hydrogen-bond donors (Lipinski definition) is 2. The van der Waals surface area contributed by atoms with Crippen molar-refractivity contribution in [2.24, 2.45) is 5.92 Å². The minimum absolute atomic E-state index is 0.0227. The van der Waals surface area contributed by atoms with Crippen molar-refractivity contribution >= 4 is 10.0 Å². The smallest absolute Gasteiger partial charge is 0.241 e. The maximum atomic E-state index is 13.4. The molecule has 0 bridgehead atoms. The predicted molar refractivity (Wildman–Crippen MR) is 76.3 cm³/mol. The summed E-state index contributed by atoms with van der Waals surface area (Å²) in [5.41, 5.74) is 0.569. The van der Waals surface area contributed by atoms with E-state index in [4.69, 9.17) is 0 Å². The topological polar surface area (TPSA) is 58.2 Å². The molecular weight excluding hydrogens is 279 g/mol. The molecule has 1 aromatic carbocycles. The minimum atomic E-state index is -3.68. The second kappa shape index (κ2) is 6.20. The Morgan fingerprint density at radius 3 is 2.70 bits per heavy atom. The molecule has 20 heavy (non-hydrogen) atoms. The first-order valence-corrected chi connectivity index (χ1v) is 8.36. The number of halogens is 1. The van der Waals surface area contributed by atoms with Crippen molar-refractivity contribution in [3.63, 3.8) is 0 Å². The van der Waals surface area contributed by atoms with E-state index in [1.807, 2.05) is 6.92 Å². The maximum absolute atomic E-state index is 13.4. The molecule has 0 radical (unpaired) electrons. The SMILES string of the molecule is CNCc1ccc(F)cc1S(=O)(=O)NC(C)CC1CC1. The fourth-order valence-electron chi connectivity index (χ4n) is 2.35. The second-order valence-electron chi connectivity index (χ2n) is 5.48. The third-order valence-electron chi connectivity index (χ3n) is 3.43. The summed E-state index contributed by atoms with van der Waals surface area (Å²) in [6.07, 6.45) is 3.20. The van der Waals surface area contributed by atoms with Gasteiger partial charge in [-0.15, -0.1) is 0 Å². The molecule has 6 heteroatoms. The Morgan fingerprint density at radius 2 is 2.10 bits per heavy atom. The van der Waals surface area contributed by atoms with Gasteiger partial charge >= 0.3 is 0 Å². The quantitative estimate of drug-likeness (QED) is 0.810. The molecule has 1 unspecified atom stereocenters. The van der Waals surface area contributed by atoms with Crippen LogP contribution >= 0.6 is 0 Å². The van der Waals surface area contributed by atoms with Crippen LogP contribution in [0.5, 0.6) is 0 Å². The van der Waals surface area contributed by atoms with Crippen LogP contribution in [0.2, 0.25) is 0 Å². The van der Waals surface area contributed by atoms with Gasteiger partial charge in [-0.3, -0.25) is 0 Å². The molecule has 2 rings (SSSR count). The molecule has 1 aliphatic carbocycles. The zero-order valence-corrected chi connectivity index (χ0v) is 12.6. The van der Waals surface area contributed by atoms with Crippen LogP contribution in [0.25, 0.3) is 0 Å². The van der Waals surface area contributed by atoms with Crippen LogP contribution < -0.4 is 10.0 Å². The number of hydrogen-bond acceptors (Lipinski definition) is 3. The van der Waals surface area contributed by atoms with E-state index in [0.29, 0.717) is 18.0 Å². The zero-order chi connectivity index (χ0) is 14.8. The highest BCUT2D eigenvalue weighted by Gasteiger charge is 2.27. The Balaban J connectivity index is 2.20. The predicted octanol–water partition coefficient (Wildman–Crippen LogP) is 2.01. The molecule has 0 saturated heterocycles. The number of sulfonamides is 1. The van der Waals surface area contributed by atoms with E-state index in [2.05, 4.69) is 10.0 Å². The van der Waals surface area contributed by atoms with Gasteiger partial charge in [0.25, 0.3) is 0 Å². The molecule has 4 nitrogen and oxygen atoms in total. The molecule has 0 heterocycles. The lowest BCUT2D eigenvalue weighted by Crippen LogP contribution is -2.33. The Bertz CT molecular complexity index is 571. The van der Waals surface area contributed by atoms with E-state index in [1.165, 1.54) is 25.0 Å². The van der Waals surface area contributed by atoms with Gasteiger partial charge in [-0.25, -0.2) is 17.5 Å². The highest BCUT2D eigenvalue weighted by atomic mass is 32.2. The largest absolute Gasteiger partial charge is 0.316 e. The van der Waals surface area contributed by atoms with Gasteiger partial charge < -0.3 is 5.32 Å². The van der Waals surface area contributed by atoms with E-state index < -0.39 is 15.8 Å². The van der Waals surface area contributed by atoms with Gasteiger partial charge in [-0.2, -0.15) is 0 Å². The van der Waals surface area contributed by atoms with Gasteiger partial charge in [-0.1, -0.05) is 18.9 Å². The standard InChI is InChI=1S/C14H21FN2O2S/c1-10(7-11-3-4-11)17-20(18,19)14-8-13(15)6-5-12(14)9-16-2/h5-6,8,10-11,16-17H,3-4,7,9H2,1-2H3. The Morgan fingerprint density at radius 1 is 1.40 bits per heavy atom. The molecule has 0 spiro atoms. The molecule has 112 valence electrons. The number of rotatable bonds is 7. The molecule has 1 aromatic rings. The van der Waals surface area contributed by atoms with Crippen molar-refractivity contribution < 1.29 is 12.8 Å². The third kappa shape index (κ3) is 4.01. The highest BCUT2D eigenvalue weighted by molar-refractivity contribution is 7.89. The van der Waals surface area contributed by atoms with Crippen molar-refractivity contribution in [3.8, 4) is 0 Å².